The van der Waals surface area contributed by atoms with Gasteiger partial charge in [-0.25, -0.2) is 4.79 Å². The lowest BCUT2D eigenvalue weighted by molar-refractivity contribution is -0.292. The van der Waals surface area contributed by atoms with E-state index in [9.17, 15) is 14.7 Å². The van der Waals surface area contributed by atoms with E-state index in [1.165, 1.54) is 14.0 Å². The average Bonchev–Trinajstić information content (AvgIpc) is 2.84. The summed E-state index contributed by atoms with van der Waals surface area (Å²) in [5.41, 5.74) is 0.810. The Kier molecular flexibility index (Phi) is 10.1. The highest BCUT2D eigenvalue weighted by atomic mass is 35.6. The maximum absolute atomic E-state index is 11.9. The Balaban J connectivity index is 1.86. The lowest BCUT2D eigenvalue weighted by Gasteiger charge is -2.43. The number of aliphatic hydroxyl groups excluding tert-OH is 1. The molecule has 5 atom stereocenters. The van der Waals surface area contributed by atoms with Gasteiger partial charge in [-0.15, -0.1) is 0 Å². The summed E-state index contributed by atoms with van der Waals surface area (Å²) in [6, 6.07) is 15.7. The van der Waals surface area contributed by atoms with Gasteiger partial charge in [0.05, 0.1) is 13.7 Å². The van der Waals surface area contributed by atoms with E-state index in [1.54, 1.807) is 24.3 Å². The third kappa shape index (κ3) is 7.86. The van der Waals surface area contributed by atoms with Gasteiger partial charge in [0.15, 0.2) is 6.10 Å². The zero-order valence-corrected chi connectivity index (χ0v) is 21.6. The van der Waals surface area contributed by atoms with Crippen molar-refractivity contribution in [3.8, 4) is 11.5 Å². The monoisotopic (exact) mass is 562 g/mol. The van der Waals surface area contributed by atoms with Crippen LogP contribution in [0, 0.1) is 0 Å². The highest BCUT2D eigenvalue weighted by Gasteiger charge is 2.50. The number of benzene rings is 2. The summed E-state index contributed by atoms with van der Waals surface area (Å²) in [7, 11) is 1.52. The summed E-state index contributed by atoms with van der Waals surface area (Å²) in [4.78, 5) is 23.9. The molecule has 1 aliphatic rings. The summed E-state index contributed by atoms with van der Waals surface area (Å²) in [6.07, 6.45) is -6.12. The molecule has 0 spiro atoms. The Morgan fingerprint density at radius 3 is 2.22 bits per heavy atom. The van der Waals surface area contributed by atoms with Crippen molar-refractivity contribution in [1.29, 1.82) is 0 Å². The number of esters is 2. The second-order valence-electron chi connectivity index (χ2n) is 7.76. The number of rotatable bonds is 9. The van der Waals surface area contributed by atoms with Crippen LogP contribution in [0.5, 0.6) is 11.5 Å². The van der Waals surface area contributed by atoms with Gasteiger partial charge in [-0.3, -0.25) is 4.79 Å². The Hall–Kier alpha value is -2.27. The van der Waals surface area contributed by atoms with Crippen molar-refractivity contribution < 1.29 is 43.1 Å². The van der Waals surface area contributed by atoms with Crippen molar-refractivity contribution in [3.05, 3.63) is 60.2 Å². The SMILES string of the molecule is COc1ccc(O[C@H]2O[C@H](COC(=O)C(Cl)(Cl)Cl)[C@@H](O)[C@H](OCc3ccccc3)[C@@H]2OC(C)=O)cc1. The van der Waals surface area contributed by atoms with Gasteiger partial charge in [-0.1, -0.05) is 65.1 Å². The molecule has 0 unspecified atom stereocenters. The third-order valence-electron chi connectivity index (χ3n) is 5.13. The van der Waals surface area contributed by atoms with Crippen molar-refractivity contribution in [2.75, 3.05) is 13.7 Å². The van der Waals surface area contributed by atoms with E-state index in [-0.39, 0.29) is 6.61 Å². The van der Waals surface area contributed by atoms with Crippen LogP contribution >= 0.6 is 34.8 Å². The molecule has 0 radical (unpaired) electrons. The normalized spacial score (nSPS) is 24.0. The number of hydrogen-bond acceptors (Lipinski definition) is 9. The lowest BCUT2D eigenvalue weighted by atomic mass is 9.98. The number of hydrogen-bond donors (Lipinski definition) is 1. The van der Waals surface area contributed by atoms with E-state index in [0.717, 1.165) is 5.56 Å². The fourth-order valence-electron chi connectivity index (χ4n) is 3.43. The van der Waals surface area contributed by atoms with Crippen LogP contribution in [0.15, 0.2) is 54.6 Å². The van der Waals surface area contributed by atoms with Crippen LogP contribution in [0.2, 0.25) is 0 Å². The molecule has 0 aromatic heterocycles. The maximum atomic E-state index is 11.9. The standard InChI is InChI=1S/C24H25Cl3O9/c1-14(28)34-21-20(32-12-15-6-4-3-5-7-15)19(29)18(13-33-23(30)24(25,26)27)36-22(21)35-17-10-8-16(31-2)9-11-17/h3-11,18-22,29H,12-13H2,1-2H3/t18-,19-,20+,21+,22+/m1/s1. The molecular formula is C24H25Cl3O9. The van der Waals surface area contributed by atoms with Crippen LogP contribution in [0.25, 0.3) is 0 Å². The lowest BCUT2D eigenvalue weighted by Crippen LogP contribution is -2.62. The van der Waals surface area contributed by atoms with E-state index in [2.05, 4.69) is 0 Å². The zero-order chi connectivity index (χ0) is 26.3. The first-order valence-electron chi connectivity index (χ1n) is 10.8. The minimum atomic E-state index is -2.32. The largest absolute Gasteiger partial charge is 0.497 e. The van der Waals surface area contributed by atoms with E-state index in [4.69, 9.17) is 63.2 Å². The Morgan fingerprint density at radius 2 is 1.64 bits per heavy atom. The first kappa shape index (κ1) is 28.3. The summed E-state index contributed by atoms with van der Waals surface area (Å²) >= 11 is 16.7. The van der Waals surface area contributed by atoms with Crippen molar-refractivity contribution in [2.24, 2.45) is 0 Å². The van der Waals surface area contributed by atoms with Crippen LogP contribution in [0.3, 0.4) is 0 Å². The maximum Gasteiger partial charge on any atom is 0.358 e. The molecule has 0 saturated carbocycles. The molecular weight excluding hydrogens is 539 g/mol. The van der Waals surface area contributed by atoms with Gasteiger partial charge >= 0.3 is 11.9 Å². The first-order valence-corrected chi connectivity index (χ1v) is 11.9. The fourth-order valence-corrected chi connectivity index (χ4v) is 3.59. The number of carbonyl (C=O) groups is 2. The molecule has 3 rings (SSSR count). The van der Waals surface area contributed by atoms with Gasteiger partial charge in [0, 0.05) is 6.92 Å². The minimum absolute atomic E-state index is 0.0796. The molecule has 12 heteroatoms. The molecule has 1 saturated heterocycles. The first-order chi connectivity index (χ1) is 17.1. The second kappa shape index (κ2) is 12.8. The van der Waals surface area contributed by atoms with Crippen molar-refractivity contribution >= 4 is 46.7 Å². The van der Waals surface area contributed by atoms with Gasteiger partial charge in [-0.05, 0) is 29.8 Å². The quantitative estimate of drug-likeness (QED) is 0.361. The molecule has 0 aliphatic carbocycles. The molecule has 1 fully saturated rings. The highest BCUT2D eigenvalue weighted by molar-refractivity contribution is 6.75. The fraction of sp³-hybridized carbons (Fsp3) is 0.417. The molecule has 1 aliphatic heterocycles. The summed E-state index contributed by atoms with van der Waals surface area (Å²) in [5, 5.41) is 11.1. The second-order valence-corrected chi connectivity index (χ2v) is 10.0. The van der Waals surface area contributed by atoms with Crippen LogP contribution < -0.4 is 9.47 Å². The molecule has 1 heterocycles. The summed E-state index contributed by atoms with van der Waals surface area (Å²) in [6.45, 7) is 0.796. The predicted octanol–water partition coefficient (Wildman–Crippen LogP) is 3.59. The van der Waals surface area contributed by atoms with Gasteiger partial charge in [0.1, 0.15) is 36.4 Å². The van der Waals surface area contributed by atoms with Crippen molar-refractivity contribution in [1.82, 2.24) is 0 Å². The molecule has 2 aromatic rings. The summed E-state index contributed by atoms with van der Waals surface area (Å²) in [5.74, 6) is -0.846. The number of halogens is 3. The Labute approximate surface area is 223 Å². The predicted molar refractivity (Wildman–Crippen MR) is 130 cm³/mol. The number of methoxy groups -OCH3 is 1. The minimum Gasteiger partial charge on any atom is -0.497 e. The van der Waals surface area contributed by atoms with Crippen LogP contribution in [0.4, 0.5) is 0 Å². The average molecular weight is 564 g/mol. The Bertz CT molecular complexity index is 998. The molecule has 36 heavy (non-hydrogen) atoms. The van der Waals surface area contributed by atoms with E-state index >= 15 is 0 Å². The number of carbonyl (C=O) groups excluding carboxylic acids is 2. The van der Waals surface area contributed by atoms with E-state index < -0.39 is 53.0 Å². The van der Waals surface area contributed by atoms with Gasteiger partial charge in [-0.2, -0.15) is 0 Å². The van der Waals surface area contributed by atoms with Crippen LogP contribution in [0.1, 0.15) is 12.5 Å². The topological polar surface area (TPSA) is 110 Å². The Morgan fingerprint density at radius 1 is 1.00 bits per heavy atom. The van der Waals surface area contributed by atoms with Gasteiger partial charge < -0.3 is 33.5 Å². The van der Waals surface area contributed by atoms with E-state index in [1.807, 2.05) is 30.3 Å². The van der Waals surface area contributed by atoms with Crippen LogP contribution in [-0.2, 0) is 35.1 Å². The molecule has 9 nitrogen and oxygen atoms in total. The molecule has 1 N–H and O–H groups in total. The van der Waals surface area contributed by atoms with Crippen molar-refractivity contribution in [2.45, 2.75) is 48.0 Å². The van der Waals surface area contributed by atoms with Gasteiger partial charge in [0.2, 0.25) is 6.29 Å². The molecule has 196 valence electrons. The smallest absolute Gasteiger partial charge is 0.358 e. The number of aliphatic hydroxyl groups is 1. The van der Waals surface area contributed by atoms with Crippen molar-refractivity contribution in [3.63, 3.8) is 0 Å². The molecule has 0 amide bonds. The highest BCUT2D eigenvalue weighted by Crippen LogP contribution is 2.31. The molecule has 0 bridgehead atoms. The number of alkyl halides is 3. The van der Waals surface area contributed by atoms with E-state index in [0.29, 0.717) is 11.5 Å². The third-order valence-corrected chi connectivity index (χ3v) is 5.59. The zero-order valence-electron chi connectivity index (χ0n) is 19.3. The summed E-state index contributed by atoms with van der Waals surface area (Å²) < 4.78 is 31.1. The van der Waals surface area contributed by atoms with Crippen LogP contribution in [-0.4, -0.2) is 65.3 Å². The van der Waals surface area contributed by atoms with Gasteiger partial charge in [0.25, 0.3) is 3.79 Å². The number of ether oxygens (including phenoxy) is 6. The molecule has 2 aromatic carbocycles.